The minimum absolute atomic E-state index is 0.204. The zero-order valence-corrected chi connectivity index (χ0v) is 11.5. The molecule has 0 bridgehead atoms. The molecular weight excluding hydrogens is 253 g/mol. The lowest BCUT2D eigenvalue weighted by Gasteiger charge is -2.35. The van der Waals surface area contributed by atoms with Gasteiger partial charge in [-0.05, 0) is 64.0 Å². The van der Waals surface area contributed by atoms with Gasteiger partial charge in [-0.1, -0.05) is 0 Å². The van der Waals surface area contributed by atoms with Gasteiger partial charge in [0.15, 0.2) is 0 Å². The molecular formula is C14H25F3N2. The van der Waals surface area contributed by atoms with Crippen LogP contribution in [0.4, 0.5) is 13.2 Å². The predicted molar refractivity (Wildman–Crippen MR) is 69.8 cm³/mol. The minimum Gasteiger partial charge on any atom is -0.328 e. The normalized spacial score (nSPS) is 34.4. The number of halogens is 3. The summed E-state index contributed by atoms with van der Waals surface area (Å²) in [4.78, 5) is 2.01. The Morgan fingerprint density at radius 3 is 2.37 bits per heavy atom. The molecule has 19 heavy (non-hydrogen) atoms. The summed E-state index contributed by atoms with van der Waals surface area (Å²) in [6, 6.07) is 0.348. The van der Waals surface area contributed by atoms with Crippen LogP contribution in [0.3, 0.4) is 0 Å². The zero-order chi connectivity index (χ0) is 13.9. The van der Waals surface area contributed by atoms with Gasteiger partial charge >= 0.3 is 6.18 Å². The second kappa shape index (κ2) is 6.44. The molecule has 5 heteroatoms. The third kappa shape index (κ3) is 4.63. The molecule has 2 N–H and O–H groups in total. The summed E-state index contributed by atoms with van der Waals surface area (Å²) in [5.74, 6) is -0.438. The highest BCUT2D eigenvalue weighted by Gasteiger charge is 2.41. The maximum atomic E-state index is 12.7. The van der Waals surface area contributed by atoms with Crippen molar-refractivity contribution in [3.63, 3.8) is 0 Å². The topological polar surface area (TPSA) is 29.3 Å². The quantitative estimate of drug-likeness (QED) is 0.859. The van der Waals surface area contributed by atoms with Gasteiger partial charge in [-0.3, -0.25) is 0 Å². The monoisotopic (exact) mass is 278 g/mol. The van der Waals surface area contributed by atoms with Crippen molar-refractivity contribution in [2.24, 2.45) is 17.6 Å². The van der Waals surface area contributed by atoms with E-state index in [1.165, 1.54) is 0 Å². The predicted octanol–water partition coefficient (Wildman–Crippen LogP) is 3.17. The highest BCUT2D eigenvalue weighted by atomic mass is 19.4. The van der Waals surface area contributed by atoms with E-state index in [1.807, 2.05) is 4.90 Å². The third-order valence-electron chi connectivity index (χ3n) is 4.71. The van der Waals surface area contributed by atoms with Crippen molar-refractivity contribution in [2.75, 3.05) is 19.6 Å². The standard InChI is InChI=1S/C14H25F3N2/c15-14(16,17)12-2-1-8-19(10-12)9-7-11-3-5-13(18)6-4-11/h11-13H,1-10,18H2. The van der Waals surface area contributed by atoms with Crippen LogP contribution in [0, 0.1) is 11.8 Å². The Morgan fingerprint density at radius 2 is 1.74 bits per heavy atom. The number of hydrogen-bond donors (Lipinski definition) is 1. The molecule has 2 fully saturated rings. The largest absolute Gasteiger partial charge is 0.393 e. The highest BCUT2D eigenvalue weighted by Crippen LogP contribution is 2.33. The fraction of sp³-hybridized carbons (Fsp3) is 1.00. The van der Waals surface area contributed by atoms with E-state index in [1.54, 1.807) is 0 Å². The number of alkyl halides is 3. The average Bonchev–Trinajstić information content (AvgIpc) is 2.37. The number of nitrogens with two attached hydrogens (primary N) is 1. The molecule has 0 amide bonds. The molecule has 1 unspecified atom stereocenters. The number of likely N-dealkylation sites (tertiary alicyclic amines) is 1. The summed E-state index contributed by atoms with van der Waals surface area (Å²) in [5, 5.41) is 0. The van der Waals surface area contributed by atoms with Crippen LogP contribution in [0.5, 0.6) is 0 Å². The Balaban J connectivity index is 1.71. The molecule has 0 radical (unpaired) electrons. The molecule has 112 valence electrons. The Hall–Kier alpha value is -0.290. The summed E-state index contributed by atoms with van der Waals surface area (Å²) in [6.07, 6.45) is 2.46. The van der Waals surface area contributed by atoms with Crippen LogP contribution >= 0.6 is 0 Å². The Kier molecular flexibility index (Phi) is 5.12. The first-order valence-electron chi connectivity index (χ1n) is 7.50. The van der Waals surface area contributed by atoms with Crippen LogP contribution in [-0.2, 0) is 0 Å². The fourth-order valence-electron chi connectivity index (χ4n) is 3.37. The molecule has 2 aliphatic rings. The zero-order valence-electron chi connectivity index (χ0n) is 11.5. The van der Waals surface area contributed by atoms with Crippen LogP contribution in [0.1, 0.15) is 44.9 Å². The highest BCUT2D eigenvalue weighted by molar-refractivity contribution is 4.80. The van der Waals surface area contributed by atoms with Gasteiger partial charge in [0.05, 0.1) is 5.92 Å². The number of nitrogens with zero attached hydrogens (tertiary/aromatic N) is 1. The third-order valence-corrected chi connectivity index (χ3v) is 4.71. The van der Waals surface area contributed by atoms with E-state index in [4.69, 9.17) is 5.73 Å². The summed E-state index contributed by atoms with van der Waals surface area (Å²) in [6.45, 7) is 1.86. The molecule has 1 aliphatic carbocycles. The number of piperidine rings is 1. The average molecular weight is 278 g/mol. The van der Waals surface area contributed by atoms with Crippen molar-refractivity contribution in [1.82, 2.24) is 4.90 Å². The van der Waals surface area contributed by atoms with E-state index in [-0.39, 0.29) is 6.54 Å². The molecule has 2 rings (SSSR count). The van der Waals surface area contributed by atoms with Gasteiger partial charge < -0.3 is 10.6 Å². The Morgan fingerprint density at radius 1 is 1.05 bits per heavy atom. The fourth-order valence-corrected chi connectivity index (χ4v) is 3.37. The lowest BCUT2D eigenvalue weighted by molar-refractivity contribution is -0.186. The van der Waals surface area contributed by atoms with E-state index in [2.05, 4.69) is 0 Å². The van der Waals surface area contributed by atoms with Gasteiger partial charge in [-0.15, -0.1) is 0 Å². The molecule has 0 aromatic rings. The lowest BCUT2D eigenvalue weighted by Crippen LogP contribution is -2.42. The smallest absolute Gasteiger partial charge is 0.328 e. The second-order valence-electron chi connectivity index (χ2n) is 6.25. The molecule has 1 atom stereocenters. The maximum absolute atomic E-state index is 12.7. The van der Waals surface area contributed by atoms with E-state index in [0.717, 1.165) is 45.2 Å². The van der Waals surface area contributed by atoms with Crippen LogP contribution in [0.15, 0.2) is 0 Å². The minimum atomic E-state index is -4.02. The molecule has 0 spiro atoms. The first-order chi connectivity index (χ1) is 8.95. The molecule has 1 heterocycles. The van der Waals surface area contributed by atoms with Gasteiger partial charge in [0.1, 0.15) is 0 Å². The molecule has 1 saturated heterocycles. The van der Waals surface area contributed by atoms with E-state index in [0.29, 0.717) is 24.8 Å². The summed E-state index contributed by atoms with van der Waals surface area (Å²) >= 11 is 0. The summed E-state index contributed by atoms with van der Waals surface area (Å²) < 4.78 is 38.1. The Bertz CT molecular complexity index is 272. The van der Waals surface area contributed by atoms with Gasteiger partial charge in [0.2, 0.25) is 0 Å². The molecule has 0 aromatic carbocycles. The first-order valence-corrected chi connectivity index (χ1v) is 7.50. The van der Waals surface area contributed by atoms with Crippen molar-refractivity contribution < 1.29 is 13.2 Å². The van der Waals surface area contributed by atoms with Crippen molar-refractivity contribution in [1.29, 1.82) is 0 Å². The van der Waals surface area contributed by atoms with Crippen molar-refractivity contribution >= 4 is 0 Å². The lowest BCUT2D eigenvalue weighted by atomic mass is 9.84. The summed E-state index contributed by atoms with van der Waals surface area (Å²) in [5.41, 5.74) is 5.87. The van der Waals surface area contributed by atoms with Crippen LogP contribution in [0.2, 0.25) is 0 Å². The van der Waals surface area contributed by atoms with Gasteiger partial charge in [0, 0.05) is 12.6 Å². The van der Waals surface area contributed by atoms with Gasteiger partial charge in [-0.2, -0.15) is 13.2 Å². The van der Waals surface area contributed by atoms with Gasteiger partial charge in [0.25, 0.3) is 0 Å². The first kappa shape index (κ1) is 15.1. The van der Waals surface area contributed by atoms with Crippen LogP contribution < -0.4 is 5.73 Å². The van der Waals surface area contributed by atoms with Crippen molar-refractivity contribution in [2.45, 2.75) is 57.2 Å². The van der Waals surface area contributed by atoms with Crippen molar-refractivity contribution in [3.05, 3.63) is 0 Å². The van der Waals surface area contributed by atoms with Crippen molar-refractivity contribution in [3.8, 4) is 0 Å². The second-order valence-corrected chi connectivity index (χ2v) is 6.25. The van der Waals surface area contributed by atoms with E-state index in [9.17, 15) is 13.2 Å². The van der Waals surface area contributed by atoms with Gasteiger partial charge in [-0.25, -0.2) is 0 Å². The molecule has 0 aromatic heterocycles. The summed E-state index contributed by atoms with van der Waals surface area (Å²) in [7, 11) is 0. The Labute approximate surface area is 113 Å². The number of rotatable bonds is 3. The molecule has 2 nitrogen and oxygen atoms in total. The van der Waals surface area contributed by atoms with Crippen LogP contribution in [0.25, 0.3) is 0 Å². The SMILES string of the molecule is NC1CCC(CCN2CCCC(C(F)(F)F)C2)CC1. The van der Waals surface area contributed by atoms with E-state index >= 15 is 0 Å². The molecule has 1 saturated carbocycles. The van der Waals surface area contributed by atoms with E-state index < -0.39 is 12.1 Å². The van der Waals surface area contributed by atoms with Crippen LogP contribution in [-0.4, -0.2) is 36.8 Å². The number of hydrogen-bond acceptors (Lipinski definition) is 2. The molecule has 1 aliphatic heterocycles. The maximum Gasteiger partial charge on any atom is 0.393 e.